The second-order valence-electron chi connectivity index (χ2n) is 16.5. The minimum absolute atomic E-state index is 0.121. The van der Waals surface area contributed by atoms with Crippen molar-refractivity contribution in [3.8, 4) is 0 Å². The van der Waals surface area contributed by atoms with E-state index in [1.807, 2.05) is 30.3 Å². The molecule has 11 nitrogen and oxygen atoms in total. The summed E-state index contributed by atoms with van der Waals surface area (Å²) in [6.45, 7) is 6.85. The van der Waals surface area contributed by atoms with Crippen molar-refractivity contribution in [2.24, 2.45) is 35.5 Å². The maximum Gasteiger partial charge on any atom is 0.307 e. The van der Waals surface area contributed by atoms with Crippen molar-refractivity contribution in [3.63, 3.8) is 0 Å². The smallest absolute Gasteiger partial charge is 0.307 e. The molecule has 0 aliphatic carbocycles. The summed E-state index contributed by atoms with van der Waals surface area (Å²) in [5.41, 5.74) is 7.43. The number of aromatic nitrogens is 1. The molecule has 3 aliphatic rings. The first-order valence-corrected chi connectivity index (χ1v) is 20.5. The lowest BCUT2D eigenvalue weighted by Gasteiger charge is -2.24. The lowest BCUT2D eigenvalue weighted by Crippen LogP contribution is -2.28. The van der Waals surface area contributed by atoms with Crippen LogP contribution in [-0.4, -0.2) is 88.9 Å². The van der Waals surface area contributed by atoms with Gasteiger partial charge in [-0.05, 0) is 135 Å². The number of aromatic amines is 1. The molecule has 298 valence electrons. The Morgan fingerprint density at radius 3 is 1.54 bits per heavy atom. The van der Waals surface area contributed by atoms with Gasteiger partial charge >= 0.3 is 17.9 Å². The van der Waals surface area contributed by atoms with Crippen LogP contribution in [0.2, 0.25) is 0 Å². The van der Waals surface area contributed by atoms with E-state index in [2.05, 4.69) is 68.3 Å². The van der Waals surface area contributed by atoms with Crippen molar-refractivity contribution >= 4 is 28.8 Å². The summed E-state index contributed by atoms with van der Waals surface area (Å²) in [7, 11) is 0. The normalized spacial score (nSPS) is 21.4. The molecule has 11 heteroatoms. The van der Waals surface area contributed by atoms with Crippen LogP contribution in [0.3, 0.4) is 0 Å². The van der Waals surface area contributed by atoms with Crippen LogP contribution in [-0.2, 0) is 53.2 Å². The molecule has 3 fully saturated rings. The quantitative estimate of drug-likeness (QED) is 0.0693. The maximum atomic E-state index is 12.3. The average Bonchev–Trinajstić information content (AvgIpc) is 4.03. The number of fused-ring (bicyclic) bond motifs is 1. The summed E-state index contributed by atoms with van der Waals surface area (Å²) in [5, 5.41) is 41.4. The lowest BCUT2D eigenvalue weighted by molar-refractivity contribution is -0.144. The van der Waals surface area contributed by atoms with Crippen molar-refractivity contribution in [2.45, 2.75) is 58.0 Å². The highest BCUT2D eigenvalue weighted by Gasteiger charge is 2.33. The number of carboxylic acid groups (broad SMARTS) is 3. The third kappa shape index (κ3) is 10.1. The van der Waals surface area contributed by atoms with E-state index in [1.165, 1.54) is 0 Å². The molecule has 0 spiro atoms. The van der Waals surface area contributed by atoms with Crippen LogP contribution in [0.15, 0.2) is 72.8 Å². The van der Waals surface area contributed by atoms with Gasteiger partial charge < -0.3 is 36.3 Å². The summed E-state index contributed by atoms with van der Waals surface area (Å²) in [6.07, 6.45) is 4.86. The van der Waals surface area contributed by atoms with Crippen LogP contribution < -0.4 is 16.0 Å². The summed E-state index contributed by atoms with van der Waals surface area (Å²) in [6, 6.07) is 25.0. The summed E-state index contributed by atoms with van der Waals surface area (Å²) in [4.78, 5) is 43.0. The molecule has 4 heterocycles. The molecule has 3 aromatic carbocycles. The predicted molar refractivity (Wildman–Crippen MR) is 216 cm³/mol. The van der Waals surface area contributed by atoms with Crippen molar-refractivity contribution in [1.29, 1.82) is 0 Å². The second kappa shape index (κ2) is 18.6. The molecule has 0 saturated carbocycles. The average molecular weight is 764 g/mol. The van der Waals surface area contributed by atoms with Gasteiger partial charge in [-0.1, -0.05) is 60.7 Å². The molecule has 0 radical (unpaired) electrons. The molecule has 0 amide bonds. The van der Waals surface area contributed by atoms with E-state index in [1.54, 1.807) is 0 Å². The highest BCUT2D eigenvalue weighted by Crippen LogP contribution is 2.30. The van der Waals surface area contributed by atoms with E-state index in [0.29, 0.717) is 32.4 Å². The van der Waals surface area contributed by atoms with Crippen LogP contribution in [0.4, 0.5) is 0 Å². The number of H-pyrrole nitrogens is 1. The number of rotatable bonds is 19. The number of hydrogen-bond acceptors (Lipinski definition) is 7. The van der Waals surface area contributed by atoms with Gasteiger partial charge in [0.1, 0.15) is 0 Å². The van der Waals surface area contributed by atoms with Gasteiger partial charge in [-0.25, -0.2) is 0 Å². The maximum absolute atomic E-state index is 12.3. The first-order valence-electron chi connectivity index (χ1n) is 20.5. The molecule has 56 heavy (non-hydrogen) atoms. The summed E-state index contributed by atoms with van der Waals surface area (Å²) >= 11 is 0. The Morgan fingerprint density at radius 2 is 1.07 bits per heavy atom. The van der Waals surface area contributed by atoms with E-state index in [9.17, 15) is 29.7 Å². The largest absolute Gasteiger partial charge is 0.481 e. The molecule has 1 aromatic heterocycles. The van der Waals surface area contributed by atoms with Gasteiger partial charge in [-0.15, -0.1) is 0 Å². The molecule has 7 N–H and O–H groups in total. The zero-order chi connectivity index (χ0) is 39.0. The first-order chi connectivity index (χ1) is 27.2. The van der Waals surface area contributed by atoms with Gasteiger partial charge in [-0.2, -0.15) is 0 Å². The molecule has 0 bridgehead atoms. The standard InChI is InChI=1S/C45H57N5O6/c51-43(52)39(34-10-14-46-24-34)20-29-4-1-6-31(18-29)27-50(28-32-7-2-5-30(19-32)21-40(44(53)54)35-11-15-47-25-35)17-13-37-23-38-33(8-3-9-42(38)49-37)22-41(45(55)56)36-12-16-48-26-36/h1-9,18-19,23,34-36,39-41,46-49H,10-17,20-22,24-28H2,(H,51,52)(H,53,54)(H,55,56). The number of nitrogens with zero attached hydrogens (tertiary/aromatic N) is 1. The highest BCUT2D eigenvalue weighted by molar-refractivity contribution is 5.85. The number of carboxylic acids is 3. The molecule has 7 rings (SSSR count). The van der Waals surface area contributed by atoms with E-state index in [4.69, 9.17) is 0 Å². The minimum atomic E-state index is -0.740. The summed E-state index contributed by atoms with van der Waals surface area (Å²) in [5.74, 6) is -3.14. The molecule has 6 unspecified atom stereocenters. The van der Waals surface area contributed by atoms with Crippen LogP contribution in [0.5, 0.6) is 0 Å². The van der Waals surface area contributed by atoms with Crippen LogP contribution in [0.1, 0.15) is 52.8 Å². The number of hydrogen-bond donors (Lipinski definition) is 7. The number of carbonyl (C=O) groups is 3. The van der Waals surface area contributed by atoms with Crippen LogP contribution in [0, 0.1) is 35.5 Å². The Balaban J connectivity index is 1.10. The lowest BCUT2D eigenvalue weighted by atomic mass is 9.85. The predicted octanol–water partition coefficient (Wildman–Crippen LogP) is 4.97. The number of aliphatic carboxylic acids is 3. The van der Waals surface area contributed by atoms with E-state index < -0.39 is 35.7 Å². The van der Waals surface area contributed by atoms with Gasteiger partial charge in [0.25, 0.3) is 0 Å². The Bertz CT molecular complexity index is 1880. The van der Waals surface area contributed by atoms with Gasteiger partial charge in [0.05, 0.1) is 17.8 Å². The first kappa shape index (κ1) is 39.7. The van der Waals surface area contributed by atoms with Gasteiger partial charge in [-0.3, -0.25) is 19.3 Å². The molecular formula is C45H57N5O6. The molecule has 6 atom stereocenters. The van der Waals surface area contributed by atoms with Crippen LogP contribution in [0.25, 0.3) is 10.9 Å². The zero-order valence-electron chi connectivity index (χ0n) is 32.2. The highest BCUT2D eigenvalue weighted by atomic mass is 16.4. The van der Waals surface area contributed by atoms with Crippen molar-refractivity contribution in [3.05, 3.63) is 106 Å². The molecule has 3 aliphatic heterocycles. The van der Waals surface area contributed by atoms with Crippen molar-refractivity contribution in [1.82, 2.24) is 25.8 Å². The Hall–Kier alpha value is -4.55. The second-order valence-corrected chi connectivity index (χ2v) is 16.5. The fourth-order valence-corrected chi connectivity index (χ4v) is 9.48. The van der Waals surface area contributed by atoms with Gasteiger partial charge in [0.2, 0.25) is 0 Å². The Kier molecular flexibility index (Phi) is 13.2. The van der Waals surface area contributed by atoms with Crippen LogP contribution >= 0.6 is 0 Å². The van der Waals surface area contributed by atoms with Gasteiger partial charge in [0, 0.05) is 42.7 Å². The molecule has 4 aromatic rings. The zero-order valence-corrected chi connectivity index (χ0v) is 32.2. The topological polar surface area (TPSA) is 167 Å². The minimum Gasteiger partial charge on any atom is -0.481 e. The third-order valence-corrected chi connectivity index (χ3v) is 12.6. The van der Waals surface area contributed by atoms with E-state index >= 15 is 0 Å². The summed E-state index contributed by atoms with van der Waals surface area (Å²) < 4.78 is 0. The fraction of sp³-hybridized carbons (Fsp3) is 0.489. The van der Waals surface area contributed by atoms with Crippen molar-refractivity contribution in [2.75, 3.05) is 45.8 Å². The van der Waals surface area contributed by atoms with Gasteiger partial charge in [0.15, 0.2) is 0 Å². The SMILES string of the molecule is O=C(O)C(Cc1cccc(CN(CCc2cc3c(CC(C(=O)O)C4CCNC4)cccc3[nH]2)Cc2cccc(CC(C(=O)O)C3CCNC3)c2)c1)C1CCNC1. The van der Waals surface area contributed by atoms with E-state index in [-0.39, 0.29) is 17.8 Å². The third-order valence-electron chi connectivity index (χ3n) is 12.6. The Labute approximate surface area is 329 Å². The molecule has 3 saturated heterocycles. The fourth-order valence-electron chi connectivity index (χ4n) is 9.48. The number of nitrogens with one attached hydrogen (secondary N) is 4. The molecular weight excluding hydrogens is 707 g/mol. The monoisotopic (exact) mass is 763 g/mol. The van der Waals surface area contributed by atoms with Crippen molar-refractivity contribution < 1.29 is 29.7 Å². The number of benzene rings is 3. The Morgan fingerprint density at radius 1 is 0.607 bits per heavy atom. The van der Waals surface area contributed by atoms with E-state index in [0.717, 1.165) is 116 Å².